The Kier molecular flexibility index (Phi) is 61.4. The van der Waals surface area contributed by atoms with Gasteiger partial charge in [-0.3, -0.25) is 14.4 Å². The molecule has 1 atom stereocenters. The first-order chi connectivity index (χ1) is 39.0. The molecule has 444 valence electrons. The van der Waals surface area contributed by atoms with E-state index >= 15 is 0 Å². The fraction of sp³-hybridized carbons (Fsp3) is 0.603. The Morgan fingerprint density at radius 1 is 0.266 bits per heavy atom. The summed E-state index contributed by atoms with van der Waals surface area (Å²) in [5.41, 5.74) is 0. The largest absolute Gasteiger partial charge is 0.462 e. The average molecular weight is 1090 g/mol. The Balaban J connectivity index is 4.30. The third kappa shape index (κ3) is 63.7. The molecule has 6 nitrogen and oxygen atoms in total. The van der Waals surface area contributed by atoms with E-state index in [1.165, 1.54) is 57.8 Å². The van der Waals surface area contributed by atoms with E-state index in [0.717, 1.165) is 167 Å². The lowest BCUT2D eigenvalue weighted by Crippen LogP contribution is -2.30. The highest BCUT2D eigenvalue weighted by molar-refractivity contribution is 5.71. The van der Waals surface area contributed by atoms with Crippen molar-refractivity contribution < 1.29 is 28.6 Å². The van der Waals surface area contributed by atoms with Crippen LogP contribution in [0.1, 0.15) is 265 Å². The van der Waals surface area contributed by atoms with Gasteiger partial charge in [0.25, 0.3) is 0 Å². The van der Waals surface area contributed by atoms with Crippen molar-refractivity contribution in [1.82, 2.24) is 0 Å². The highest BCUT2D eigenvalue weighted by Gasteiger charge is 2.19. The van der Waals surface area contributed by atoms with Gasteiger partial charge in [0.2, 0.25) is 0 Å². The van der Waals surface area contributed by atoms with Crippen LogP contribution in [0.3, 0.4) is 0 Å². The van der Waals surface area contributed by atoms with E-state index in [1.54, 1.807) is 0 Å². The van der Waals surface area contributed by atoms with Crippen LogP contribution in [0.15, 0.2) is 158 Å². The van der Waals surface area contributed by atoms with Crippen molar-refractivity contribution in [2.24, 2.45) is 0 Å². The molecular formula is C73H116O6. The van der Waals surface area contributed by atoms with Crippen molar-refractivity contribution in [2.75, 3.05) is 13.2 Å². The smallest absolute Gasteiger partial charge is 0.306 e. The third-order valence-corrected chi connectivity index (χ3v) is 13.0. The number of hydrogen-bond donors (Lipinski definition) is 0. The molecule has 6 heteroatoms. The van der Waals surface area contributed by atoms with Crippen LogP contribution in [0, 0.1) is 0 Å². The normalized spacial score (nSPS) is 13.2. The number of unbranched alkanes of at least 4 members (excludes halogenated alkanes) is 19. The monoisotopic (exact) mass is 1090 g/mol. The van der Waals surface area contributed by atoms with Crippen LogP contribution in [0.4, 0.5) is 0 Å². The molecule has 0 spiro atoms. The molecule has 0 aliphatic carbocycles. The Labute approximate surface area is 486 Å². The van der Waals surface area contributed by atoms with Gasteiger partial charge in [-0.1, -0.05) is 262 Å². The van der Waals surface area contributed by atoms with E-state index in [-0.39, 0.29) is 31.1 Å². The number of rotatable bonds is 56. The SMILES string of the molecule is CC/C=C\C/C=C\C/C=C\C/C=C\C/C=C\C/C=C\C/C=C\C/C=C\CCCCCCCCCCC(=O)OCC(COC(=O)CCCCCCC/C=C\CCCC)OC(=O)CCCCCC/C=C\C/C=C\C/C=C\C/C=C\CC. The van der Waals surface area contributed by atoms with Gasteiger partial charge in [-0.15, -0.1) is 0 Å². The van der Waals surface area contributed by atoms with Crippen LogP contribution < -0.4 is 0 Å². The number of hydrogen-bond acceptors (Lipinski definition) is 6. The summed E-state index contributed by atoms with van der Waals surface area (Å²) < 4.78 is 16.8. The summed E-state index contributed by atoms with van der Waals surface area (Å²) in [6.07, 6.45) is 95.4. The van der Waals surface area contributed by atoms with Crippen molar-refractivity contribution >= 4 is 17.9 Å². The maximum Gasteiger partial charge on any atom is 0.306 e. The van der Waals surface area contributed by atoms with Gasteiger partial charge < -0.3 is 14.2 Å². The summed E-state index contributed by atoms with van der Waals surface area (Å²) in [6.45, 7) is 6.33. The second-order valence-corrected chi connectivity index (χ2v) is 20.5. The van der Waals surface area contributed by atoms with Gasteiger partial charge in [0, 0.05) is 19.3 Å². The molecule has 79 heavy (non-hydrogen) atoms. The van der Waals surface area contributed by atoms with Crippen LogP contribution in [0.25, 0.3) is 0 Å². The summed E-state index contributed by atoms with van der Waals surface area (Å²) in [5.74, 6) is -0.946. The van der Waals surface area contributed by atoms with Crippen LogP contribution in [0.5, 0.6) is 0 Å². The van der Waals surface area contributed by atoms with Gasteiger partial charge in [-0.05, 0) is 141 Å². The summed E-state index contributed by atoms with van der Waals surface area (Å²) in [5, 5.41) is 0. The van der Waals surface area contributed by atoms with Crippen molar-refractivity contribution in [3.05, 3.63) is 158 Å². The average Bonchev–Trinajstić information content (AvgIpc) is 3.45. The summed E-state index contributed by atoms with van der Waals surface area (Å²) >= 11 is 0. The fourth-order valence-corrected chi connectivity index (χ4v) is 8.25. The molecule has 0 N–H and O–H groups in total. The fourth-order valence-electron chi connectivity index (χ4n) is 8.25. The lowest BCUT2D eigenvalue weighted by atomic mass is 10.1. The molecule has 1 unspecified atom stereocenters. The van der Waals surface area contributed by atoms with E-state index in [9.17, 15) is 14.4 Å². The molecule has 0 saturated heterocycles. The lowest BCUT2D eigenvalue weighted by Gasteiger charge is -2.18. The van der Waals surface area contributed by atoms with E-state index in [2.05, 4.69) is 179 Å². The first-order valence-corrected chi connectivity index (χ1v) is 32.0. The molecule has 0 radical (unpaired) electrons. The summed E-state index contributed by atoms with van der Waals surface area (Å²) in [6, 6.07) is 0. The second kappa shape index (κ2) is 65.5. The third-order valence-electron chi connectivity index (χ3n) is 13.0. The van der Waals surface area contributed by atoms with Crippen LogP contribution in [0.2, 0.25) is 0 Å². The van der Waals surface area contributed by atoms with Crippen LogP contribution in [-0.2, 0) is 28.6 Å². The first kappa shape index (κ1) is 74.0. The molecule has 0 aliphatic heterocycles. The van der Waals surface area contributed by atoms with E-state index in [4.69, 9.17) is 14.2 Å². The Morgan fingerprint density at radius 3 is 0.785 bits per heavy atom. The number of esters is 3. The highest BCUT2D eigenvalue weighted by atomic mass is 16.6. The molecule has 0 aromatic carbocycles. The van der Waals surface area contributed by atoms with E-state index in [1.807, 2.05) is 0 Å². The van der Waals surface area contributed by atoms with E-state index in [0.29, 0.717) is 19.3 Å². The minimum atomic E-state index is -0.805. The number of carbonyl (C=O) groups excluding carboxylic acids is 3. The predicted octanol–water partition coefficient (Wildman–Crippen LogP) is 22.1. The Bertz CT molecular complexity index is 1780. The zero-order valence-electron chi connectivity index (χ0n) is 50.8. The Hall–Kier alpha value is -4.97. The number of allylic oxidation sites excluding steroid dienone is 26. The lowest BCUT2D eigenvalue weighted by molar-refractivity contribution is -0.167. The molecule has 0 aromatic heterocycles. The molecule has 0 rings (SSSR count). The van der Waals surface area contributed by atoms with Gasteiger partial charge in [0.1, 0.15) is 13.2 Å². The number of ether oxygens (including phenoxy) is 3. The molecule has 0 fully saturated rings. The maximum atomic E-state index is 12.9. The first-order valence-electron chi connectivity index (χ1n) is 32.0. The van der Waals surface area contributed by atoms with Gasteiger partial charge in [-0.2, -0.15) is 0 Å². The molecule has 0 aliphatic rings. The van der Waals surface area contributed by atoms with E-state index < -0.39 is 6.10 Å². The zero-order chi connectivity index (χ0) is 57.1. The quantitative estimate of drug-likeness (QED) is 0.0261. The summed E-state index contributed by atoms with van der Waals surface area (Å²) in [7, 11) is 0. The van der Waals surface area contributed by atoms with Crippen molar-refractivity contribution in [3.8, 4) is 0 Å². The maximum absolute atomic E-state index is 12.9. The molecule has 0 saturated carbocycles. The highest BCUT2D eigenvalue weighted by Crippen LogP contribution is 2.14. The molecule has 0 aromatic rings. The predicted molar refractivity (Wildman–Crippen MR) is 343 cm³/mol. The standard InChI is InChI=1S/C73H116O6/c1-4-7-10-13-16-19-22-24-26-28-29-30-31-32-33-34-35-36-37-38-39-40-41-42-43-45-46-48-51-54-57-60-63-66-72(75)78-69-70(68-77-71(74)65-62-59-56-53-50-21-18-15-12-9-6-3)79-73(76)67-64-61-58-55-52-49-47-44-27-25-23-20-17-14-11-8-5-2/h7-8,10-11,15-20,24-27,29-30,32-33,35-36,38-39,41-42,47,49,70H,4-6,9,12-14,21-23,28,31,34,37,40,43-46,48,50-69H2,1-3H3/b10-7-,11-8-,18-15-,19-16-,20-17-,26-24-,27-25-,30-29-,33-32-,36-35-,39-38-,42-41-,49-47-. The topological polar surface area (TPSA) is 78.9 Å². The molecule has 0 heterocycles. The molecule has 0 amide bonds. The van der Waals surface area contributed by atoms with Gasteiger partial charge >= 0.3 is 17.9 Å². The minimum absolute atomic E-state index is 0.100. The zero-order valence-corrected chi connectivity index (χ0v) is 50.8. The van der Waals surface area contributed by atoms with Crippen LogP contribution >= 0.6 is 0 Å². The summed E-state index contributed by atoms with van der Waals surface area (Å²) in [4.78, 5) is 38.2. The van der Waals surface area contributed by atoms with Crippen molar-refractivity contribution in [1.29, 1.82) is 0 Å². The molecular weight excluding hydrogens is 973 g/mol. The van der Waals surface area contributed by atoms with Gasteiger partial charge in [0.15, 0.2) is 6.10 Å². The molecule has 0 bridgehead atoms. The number of carbonyl (C=O) groups is 3. The van der Waals surface area contributed by atoms with Crippen molar-refractivity contribution in [2.45, 2.75) is 271 Å². The Morgan fingerprint density at radius 2 is 0.494 bits per heavy atom. The minimum Gasteiger partial charge on any atom is -0.462 e. The van der Waals surface area contributed by atoms with Crippen LogP contribution in [-0.4, -0.2) is 37.2 Å². The second-order valence-electron chi connectivity index (χ2n) is 20.5. The van der Waals surface area contributed by atoms with Gasteiger partial charge in [-0.25, -0.2) is 0 Å². The van der Waals surface area contributed by atoms with Gasteiger partial charge in [0.05, 0.1) is 0 Å². The van der Waals surface area contributed by atoms with Crippen molar-refractivity contribution in [3.63, 3.8) is 0 Å².